The molecule has 0 radical (unpaired) electrons. The minimum atomic E-state index is -2.37. The summed E-state index contributed by atoms with van der Waals surface area (Å²) in [5.41, 5.74) is -1.66. The molecule has 1 aliphatic carbocycles. The van der Waals surface area contributed by atoms with Crippen LogP contribution in [0.2, 0.25) is 0 Å². The molecule has 2 aliphatic heterocycles. The van der Waals surface area contributed by atoms with Crippen LogP contribution in [0.15, 0.2) is 166 Å². The van der Waals surface area contributed by atoms with Gasteiger partial charge in [-0.15, -0.1) is 45.3 Å². The first-order valence-electron chi connectivity index (χ1n) is 24.4. The number of amides is 6. The van der Waals surface area contributed by atoms with Crippen LogP contribution in [0.5, 0.6) is 0 Å². The second-order valence-corrected chi connectivity index (χ2v) is 22.3. The van der Waals surface area contributed by atoms with Gasteiger partial charge in [-0.25, -0.2) is 19.6 Å². The van der Waals surface area contributed by atoms with Gasteiger partial charge >= 0.3 is 24.1 Å². The lowest BCUT2D eigenvalue weighted by molar-refractivity contribution is -0.164. The first-order valence-corrected chi connectivity index (χ1v) is 27.6. The zero-order valence-electron chi connectivity index (χ0n) is 42.2. The number of thiophene rings is 4. The fourth-order valence-electron chi connectivity index (χ4n) is 9.29. The Labute approximate surface area is 474 Å². The van der Waals surface area contributed by atoms with Crippen molar-refractivity contribution >= 4 is 133 Å². The molecule has 0 unspecified atom stereocenters. The molecule has 398 valence electrons. The van der Waals surface area contributed by atoms with E-state index in [1.54, 1.807) is 146 Å². The lowest BCUT2D eigenvalue weighted by Gasteiger charge is -2.27. The summed E-state index contributed by atoms with van der Waals surface area (Å²) in [6.45, 7) is 1.62. The Morgan fingerprint density at radius 3 is 1.12 bits per heavy atom. The highest BCUT2D eigenvalue weighted by Gasteiger charge is 2.62. The zero-order valence-corrected chi connectivity index (χ0v) is 45.5. The van der Waals surface area contributed by atoms with E-state index < -0.39 is 75.7 Å². The van der Waals surface area contributed by atoms with Crippen molar-refractivity contribution < 1.29 is 57.3 Å². The van der Waals surface area contributed by atoms with Crippen LogP contribution in [-0.2, 0) is 79.6 Å². The molecule has 0 spiro atoms. The molecule has 11 rings (SSSR count). The summed E-state index contributed by atoms with van der Waals surface area (Å²) in [7, 11) is 0. The van der Waals surface area contributed by atoms with Gasteiger partial charge in [0.2, 0.25) is 5.41 Å². The number of carbonyl (C=O) groups excluding carboxylic acids is 8. The monoisotopic (exact) mass is 1150 g/mol. The van der Waals surface area contributed by atoms with E-state index in [4.69, 9.17) is 18.9 Å². The van der Waals surface area contributed by atoms with Crippen LogP contribution in [0, 0.1) is 22.7 Å². The standard InChI is InChI=1S/C59H36N6O12S4/c1-31-37(25-60)51(66)64(57(72)76-29-35-19-11-5-12-20-35)53(68)45(31)62-41-23-39-47(80-41)43-49(78-39)50-44(59(43,55(70)74-27-33-15-7-3-8-16-33)56(71)75-28-34-17-9-4-10-18-34)48-40(79-50)24-42(81-48)63-46-32(2)38(26-61)52(67)65(54(46)69)58(73)77-30-36-21-13-6-14-22-36/h3-24H,27-30H2,1-2H3. The van der Waals surface area contributed by atoms with E-state index in [9.17, 15) is 39.3 Å². The first kappa shape index (κ1) is 53.2. The minimum absolute atomic E-state index is 0.0988. The Morgan fingerprint density at radius 2 is 0.802 bits per heavy atom. The van der Waals surface area contributed by atoms with Gasteiger partial charge in [0, 0.05) is 31.7 Å². The molecule has 8 aromatic rings. The summed E-state index contributed by atoms with van der Waals surface area (Å²) < 4.78 is 24.8. The fraction of sp³-hybridized carbons (Fsp3) is 0.119. The number of hydrogen-bond acceptors (Lipinski definition) is 20. The number of esters is 2. The van der Waals surface area contributed by atoms with Gasteiger partial charge in [-0.1, -0.05) is 121 Å². The molecule has 18 nitrogen and oxygen atoms in total. The van der Waals surface area contributed by atoms with E-state index in [1.165, 1.54) is 36.5 Å². The summed E-state index contributed by atoms with van der Waals surface area (Å²) in [5, 5.41) is 20.5. The van der Waals surface area contributed by atoms with Crippen molar-refractivity contribution in [2.24, 2.45) is 9.98 Å². The normalized spacial score (nSPS) is 15.8. The molecule has 81 heavy (non-hydrogen) atoms. The highest BCUT2D eigenvalue weighted by molar-refractivity contribution is 7.36. The van der Waals surface area contributed by atoms with Gasteiger partial charge in [-0.2, -0.15) is 20.3 Å². The van der Waals surface area contributed by atoms with Crippen LogP contribution in [0.3, 0.4) is 0 Å². The SMILES string of the molecule is CC1=C(C#N)C(=O)N(C(=O)OCc2ccccc2)C(=O)C1=Nc1cc2sc3c(c2s1)C(C(=O)OCc1ccccc1)(C(=O)OCc1ccccc1)c1c-3sc2cc(N=C3C(=O)N(C(=O)OCc4ccccc4)C(=O)C(C#N)=C3C)sc12. The first-order chi connectivity index (χ1) is 39.2. The molecule has 0 fully saturated rings. The van der Waals surface area contributed by atoms with Crippen molar-refractivity contribution in [2.45, 2.75) is 45.7 Å². The van der Waals surface area contributed by atoms with Gasteiger partial charge in [-0.05, 0) is 48.2 Å². The van der Waals surface area contributed by atoms with Crippen molar-refractivity contribution in [1.29, 1.82) is 10.5 Å². The fourth-order valence-corrected chi connectivity index (χ4v) is 14.7. The molecule has 0 saturated carbocycles. The molecule has 6 amide bonds. The molecule has 0 atom stereocenters. The van der Waals surface area contributed by atoms with E-state index in [0.29, 0.717) is 50.8 Å². The number of benzene rings is 4. The number of nitriles is 2. The quantitative estimate of drug-likeness (QED) is 0.0477. The van der Waals surface area contributed by atoms with Crippen molar-refractivity contribution in [3.8, 4) is 21.9 Å². The van der Waals surface area contributed by atoms with Gasteiger partial charge in [-0.3, -0.25) is 28.8 Å². The van der Waals surface area contributed by atoms with Crippen LogP contribution >= 0.6 is 45.3 Å². The Hall–Kier alpha value is -9.84. The summed E-state index contributed by atoms with van der Waals surface area (Å²) in [6, 6.07) is 41.6. The van der Waals surface area contributed by atoms with Gasteiger partial charge in [0.1, 0.15) is 71.1 Å². The number of hydrogen-bond donors (Lipinski definition) is 0. The predicted octanol–water partition coefficient (Wildman–Crippen LogP) is 11.2. The minimum Gasteiger partial charge on any atom is -0.459 e. The smallest absolute Gasteiger partial charge is 0.424 e. The number of aliphatic imine (C=N–C) groups is 2. The van der Waals surface area contributed by atoms with Crippen molar-refractivity contribution in [3.05, 3.63) is 189 Å². The summed E-state index contributed by atoms with van der Waals surface area (Å²) in [4.78, 5) is 124. The Morgan fingerprint density at radius 1 is 0.481 bits per heavy atom. The number of nitrogens with zero attached hydrogens (tertiary/aromatic N) is 6. The lowest BCUT2D eigenvalue weighted by Crippen LogP contribution is -2.50. The Balaban J connectivity index is 1.04. The number of imide groups is 6. The van der Waals surface area contributed by atoms with Crippen molar-refractivity contribution in [3.63, 3.8) is 0 Å². The highest BCUT2D eigenvalue weighted by Crippen LogP contribution is 2.64. The lowest BCUT2D eigenvalue weighted by atomic mass is 9.79. The molecule has 6 heterocycles. The molecular formula is C59H36N6O12S4. The Bertz CT molecular complexity index is 3960. The Kier molecular flexibility index (Phi) is 14.3. The second-order valence-electron chi connectivity index (χ2n) is 18.2. The molecule has 0 bridgehead atoms. The topological polar surface area (TPSA) is 252 Å². The maximum absolute atomic E-state index is 15.6. The third-order valence-electron chi connectivity index (χ3n) is 13.2. The maximum atomic E-state index is 15.6. The van der Waals surface area contributed by atoms with Crippen LogP contribution in [0.1, 0.15) is 47.2 Å². The largest absolute Gasteiger partial charge is 0.459 e. The number of fused-ring (bicyclic) bond motifs is 7. The maximum Gasteiger partial charge on any atom is 0.424 e. The summed E-state index contributed by atoms with van der Waals surface area (Å²) in [6.07, 6.45) is -2.64. The average Bonchev–Trinajstić information content (AvgIpc) is 4.15. The van der Waals surface area contributed by atoms with Gasteiger partial charge < -0.3 is 18.9 Å². The van der Waals surface area contributed by atoms with Crippen LogP contribution in [-0.4, -0.2) is 69.0 Å². The van der Waals surface area contributed by atoms with Crippen LogP contribution < -0.4 is 0 Å². The molecule has 4 aromatic heterocycles. The van der Waals surface area contributed by atoms with Gasteiger partial charge in [0.25, 0.3) is 23.6 Å². The second kappa shape index (κ2) is 21.8. The van der Waals surface area contributed by atoms with E-state index in [2.05, 4.69) is 9.98 Å². The molecule has 0 N–H and O–H groups in total. The molecule has 3 aliphatic rings. The molecule has 22 heteroatoms. The number of ether oxygens (including phenoxy) is 4. The molecular weight excluding hydrogens is 1110 g/mol. The van der Waals surface area contributed by atoms with E-state index in [1.807, 2.05) is 0 Å². The zero-order chi connectivity index (χ0) is 56.7. The summed E-state index contributed by atoms with van der Waals surface area (Å²) >= 11 is 4.42. The van der Waals surface area contributed by atoms with Crippen molar-refractivity contribution in [1.82, 2.24) is 9.80 Å². The van der Waals surface area contributed by atoms with E-state index >= 15 is 9.59 Å². The van der Waals surface area contributed by atoms with Crippen LogP contribution in [0.4, 0.5) is 19.6 Å². The predicted molar refractivity (Wildman–Crippen MR) is 299 cm³/mol. The highest BCUT2D eigenvalue weighted by atomic mass is 32.1. The van der Waals surface area contributed by atoms with E-state index in [-0.39, 0.29) is 68.5 Å². The number of rotatable bonds is 12. The summed E-state index contributed by atoms with van der Waals surface area (Å²) in [5.74, 6) is -6.66. The third kappa shape index (κ3) is 9.41. The van der Waals surface area contributed by atoms with Crippen LogP contribution in [0.25, 0.3) is 28.6 Å². The number of carbonyl (C=O) groups is 8. The van der Waals surface area contributed by atoms with Crippen molar-refractivity contribution in [2.75, 3.05) is 0 Å². The third-order valence-corrected chi connectivity index (χ3v) is 18.0. The van der Waals surface area contributed by atoms with Gasteiger partial charge in [0.05, 0.1) is 19.2 Å². The molecule has 0 saturated heterocycles. The van der Waals surface area contributed by atoms with E-state index in [0.717, 1.165) is 22.7 Å². The average molecular weight is 1150 g/mol. The van der Waals surface area contributed by atoms with Gasteiger partial charge in [0.15, 0.2) is 0 Å². The molecule has 4 aromatic carbocycles.